The van der Waals surface area contributed by atoms with Crippen LogP contribution in [-0.4, -0.2) is 6.61 Å². The zero-order valence-electron chi connectivity index (χ0n) is 12.6. The Labute approximate surface area is 121 Å². The van der Waals surface area contributed by atoms with Crippen LogP contribution in [0.4, 0.5) is 0 Å². The van der Waals surface area contributed by atoms with Gasteiger partial charge in [-0.1, -0.05) is 18.2 Å². The molecule has 3 nitrogen and oxygen atoms in total. The van der Waals surface area contributed by atoms with Crippen molar-refractivity contribution in [3.05, 3.63) is 53.5 Å². The Hall–Kier alpha value is -1.74. The van der Waals surface area contributed by atoms with E-state index in [4.69, 9.17) is 9.15 Å². The molecule has 1 heterocycles. The number of para-hydroxylation sites is 1. The summed E-state index contributed by atoms with van der Waals surface area (Å²) in [5, 5.41) is 3.55. The summed E-state index contributed by atoms with van der Waals surface area (Å²) in [5.41, 5.74) is 1.17. The molecule has 1 N–H and O–H groups in total. The van der Waals surface area contributed by atoms with Gasteiger partial charge in [0.15, 0.2) is 0 Å². The Morgan fingerprint density at radius 3 is 2.50 bits per heavy atom. The molecule has 0 spiro atoms. The normalized spacial score (nSPS) is 14.0. The Balaban J connectivity index is 2.09. The SMILES string of the molecule is CCOc1ccccc1C(C)NC(C)c1ccc(C)o1. The summed E-state index contributed by atoms with van der Waals surface area (Å²) in [6.45, 7) is 8.89. The van der Waals surface area contributed by atoms with Crippen molar-refractivity contribution in [1.29, 1.82) is 0 Å². The van der Waals surface area contributed by atoms with Crippen LogP contribution in [0, 0.1) is 6.92 Å². The lowest BCUT2D eigenvalue weighted by Crippen LogP contribution is -2.22. The standard InChI is InChI=1S/C17H23NO2/c1-5-19-17-9-7-6-8-15(17)13(3)18-14(4)16-11-10-12(2)20-16/h6-11,13-14,18H,5H2,1-4H3. The molecule has 0 aliphatic carbocycles. The monoisotopic (exact) mass is 273 g/mol. The summed E-state index contributed by atoms with van der Waals surface area (Å²) in [6, 6.07) is 12.5. The average Bonchev–Trinajstić information content (AvgIpc) is 2.86. The Kier molecular flexibility index (Phi) is 4.85. The van der Waals surface area contributed by atoms with E-state index in [2.05, 4.69) is 25.2 Å². The van der Waals surface area contributed by atoms with E-state index in [9.17, 15) is 0 Å². The number of benzene rings is 1. The van der Waals surface area contributed by atoms with Gasteiger partial charge in [-0.15, -0.1) is 0 Å². The smallest absolute Gasteiger partial charge is 0.124 e. The maximum absolute atomic E-state index is 5.69. The molecule has 0 saturated carbocycles. The Morgan fingerprint density at radius 2 is 1.85 bits per heavy atom. The van der Waals surface area contributed by atoms with Gasteiger partial charge >= 0.3 is 0 Å². The first-order valence-corrected chi connectivity index (χ1v) is 7.16. The first-order chi connectivity index (χ1) is 9.61. The number of hydrogen-bond acceptors (Lipinski definition) is 3. The molecule has 20 heavy (non-hydrogen) atoms. The van der Waals surface area contributed by atoms with Gasteiger partial charge in [0.2, 0.25) is 0 Å². The lowest BCUT2D eigenvalue weighted by atomic mass is 10.1. The highest BCUT2D eigenvalue weighted by Crippen LogP contribution is 2.27. The molecule has 0 amide bonds. The van der Waals surface area contributed by atoms with Crippen LogP contribution in [-0.2, 0) is 0 Å². The van der Waals surface area contributed by atoms with Crippen LogP contribution >= 0.6 is 0 Å². The molecule has 0 saturated heterocycles. The van der Waals surface area contributed by atoms with Crippen molar-refractivity contribution in [2.24, 2.45) is 0 Å². The van der Waals surface area contributed by atoms with Crippen molar-refractivity contribution in [2.75, 3.05) is 6.61 Å². The van der Waals surface area contributed by atoms with Gasteiger partial charge in [-0.2, -0.15) is 0 Å². The number of ether oxygens (including phenoxy) is 1. The number of furan rings is 1. The van der Waals surface area contributed by atoms with Gasteiger partial charge in [0.05, 0.1) is 12.6 Å². The highest BCUT2D eigenvalue weighted by atomic mass is 16.5. The van der Waals surface area contributed by atoms with Crippen molar-refractivity contribution in [2.45, 2.75) is 39.8 Å². The molecule has 2 atom stereocenters. The molecule has 0 aliphatic rings. The van der Waals surface area contributed by atoms with Crippen LogP contribution in [0.3, 0.4) is 0 Å². The van der Waals surface area contributed by atoms with E-state index in [-0.39, 0.29) is 12.1 Å². The Morgan fingerprint density at radius 1 is 1.10 bits per heavy atom. The molecule has 0 aliphatic heterocycles. The van der Waals surface area contributed by atoms with Gasteiger partial charge in [0, 0.05) is 11.6 Å². The van der Waals surface area contributed by atoms with E-state index in [0.29, 0.717) is 6.61 Å². The number of aryl methyl sites for hydroxylation is 1. The molecular formula is C17H23NO2. The fourth-order valence-electron chi connectivity index (χ4n) is 2.36. The van der Waals surface area contributed by atoms with Crippen molar-refractivity contribution >= 4 is 0 Å². The number of nitrogens with one attached hydrogen (secondary N) is 1. The predicted molar refractivity (Wildman–Crippen MR) is 81.0 cm³/mol. The predicted octanol–water partition coefficient (Wildman–Crippen LogP) is 4.40. The van der Waals surface area contributed by atoms with Gasteiger partial charge in [0.25, 0.3) is 0 Å². The van der Waals surface area contributed by atoms with Crippen LogP contribution in [0.5, 0.6) is 5.75 Å². The minimum absolute atomic E-state index is 0.161. The molecule has 3 heteroatoms. The van der Waals surface area contributed by atoms with E-state index >= 15 is 0 Å². The summed E-state index contributed by atoms with van der Waals surface area (Å²) in [5.74, 6) is 2.84. The first kappa shape index (κ1) is 14.7. The third kappa shape index (κ3) is 3.42. The summed E-state index contributed by atoms with van der Waals surface area (Å²) >= 11 is 0. The highest BCUT2D eigenvalue weighted by molar-refractivity contribution is 5.35. The lowest BCUT2D eigenvalue weighted by molar-refractivity contribution is 0.328. The van der Waals surface area contributed by atoms with Crippen LogP contribution < -0.4 is 10.1 Å². The topological polar surface area (TPSA) is 34.4 Å². The van der Waals surface area contributed by atoms with Crippen molar-refractivity contribution < 1.29 is 9.15 Å². The third-order valence-electron chi connectivity index (χ3n) is 3.37. The van der Waals surface area contributed by atoms with E-state index in [1.54, 1.807) is 0 Å². The largest absolute Gasteiger partial charge is 0.494 e. The van der Waals surface area contributed by atoms with Crippen molar-refractivity contribution in [1.82, 2.24) is 5.32 Å². The van der Waals surface area contributed by atoms with Gasteiger partial charge in [0.1, 0.15) is 17.3 Å². The summed E-state index contributed by atoms with van der Waals surface area (Å²) in [4.78, 5) is 0. The fourth-order valence-corrected chi connectivity index (χ4v) is 2.36. The average molecular weight is 273 g/mol. The van der Waals surface area contributed by atoms with Crippen LogP contribution in [0.25, 0.3) is 0 Å². The quantitative estimate of drug-likeness (QED) is 0.847. The van der Waals surface area contributed by atoms with Gasteiger partial charge < -0.3 is 14.5 Å². The molecule has 2 unspecified atom stereocenters. The number of rotatable bonds is 6. The van der Waals surface area contributed by atoms with E-state index in [1.807, 2.05) is 44.2 Å². The lowest BCUT2D eigenvalue weighted by Gasteiger charge is -2.21. The zero-order valence-corrected chi connectivity index (χ0v) is 12.6. The maximum atomic E-state index is 5.69. The molecule has 0 radical (unpaired) electrons. The molecule has 0 fully saturated rings. The van der Waals surface area contributed by atoms with Crippen LogP contribution in [0.1, 0.15) is 49.9 Å². The van der Waals surface area contributed by atoms with Gasteiger partial charge in [-0.3, -0.25) is 0 Å². The number of hydrogen-bond donors (Lipinski definition) is 1. The molecule has 2 aromatic rings. The highest BCUT2D eigenvalue weighted by Gasteiger charge is 2.16. The molecule has 108 valence electrons. The molecule has 1 aromatic carbocycles. The second kappa shape index (κ2) is 6.62. The van der Waals surface area contributed by atoms with Gasteiger partial charge in [-0.05, 0) is 45.9 Å². The third-order valence-corrected chi connectivity index (χ3v) is 3.37. The first-order valence-electron chi connectivity index (χ1n) is 7.16. The van der Waals surface area contributed by atoms with E-state index in [1.165, 1.54) is 5.56 Å². The van der Waals surface area contributed by atoms with Crippen LogP contribution in [0.15, 0.2) is 40.8 Å². The zero-order chi connectivity index (χ0) is 14.5. The van der Waals surface area contributed by atoms with E-state index < -0.39 is 0 Å². The summed E-state index contributed by atoms with van der Waals surface area (Å²) < 4.78 is 11.4. The minimum Gasteiger partial charge on any atom is -0.494 e. The van der Waals surface area contributed by atoms with E-state index in [0.717, 1.165) is 17.3 Å². The van der Waals surface area contributed by atoms with Crippen LogP contribution in [0.2, 0.25) is 0 Å². The van der Waals surface area contributed by atoms with Gasteiger partial charge in [-0.25, -0.2) is 0 Å². The maximum Gasteiger partial charge on any atom is 0.124 e. The second-order valence-corrected chi connectivity index (χ2v) is 5.03. The minimum atomic E-state index is 0.161. The molecule has 2 rings (SSSR count). The summed E-state index contributed by atoms with van der Waals surface area (Å²) in [7, 11) is 0. The second-order valence-electron chi connectivity index (χ2n) is 5.03. The van der Waals surface area contributed by atoms with Crippen molar-refractivity contribution in [3.63, 3.8) is 0 Å². The van der Waals surface area contributed by atoms with Crippen molar-refractivity contribution in [3.8, 4) is 5.75 Å². The summed E-state index contributed by atoms with van der Waals surface area (Å²) in [6.07, 6.45) is 0. The fraction of sp³-hybridized carbons (Fsp3) is 0.412. The molecular weight excluding hydrogens is 250 g/mol. The Bertz CT molecular complexity index is 547. The molecule has 0 bridgehead atoms. The molecule has 1 aromatic heterocycles.